The average Bonchev–Trinajstić information content (AvgIpc) is 3.16. The molecule has 0 amide bonds. The summed E-state index contributed by atoms with van der Waals surface area (Å²) < 4.78 is 0. The number of ketones is 2. The lowest BCUT2D eigenvalue weighted by molar-refractivity contribution is -0.462. The van der Waals surface area contributed by atoms with Gasteiger partial charge in [-0.05, 0) is 31.6 Å². The molecule has 2 aliphatic rings. The summed E-state index contributed by atoms with van der Waals surface area (Å²) >= 11 is 0. The van der Waals surface area contributed by atoms with Gasteiger partial charge in [0.15, 0.2) is 5.78 Å². The fourth-order valence-corrected chi connectivity index (χ4v) is 4.00. The van der Waals surface area contributed by atoms with E-state index in [1.54, 1.807) is 0 Å². The van der Waals surface area contributed by atoms with Gasteiger partial charge in [0, 0.05) is 17.9 Å². The molecule has 0 aromatic rings. The van der Waals surface area contributed by atoms with Crippen LogP contribution in [0.25, 0.3) is 0 Å². The minimum Gasteiger partial charge on any atom is -0.299 e. The van der Waals surface area contributed by atoms with Crippen molar-refractivity contribution in [1.82, 2.24) is 0 Å². The molecule has 0 aromatic heterocycles. The van der Waals surface area contributed by atoms with Gasteiger partial charge in [-0.15, -0.1) is 0 Å². The Balaban J connectivity index is 1.91. The Labute approximate surface area is 153 Å². The molecule has 2 saturated carbocycles. The Morgan fingerprint density at radius 3 is 2.42 bits per heavy atom. The van der Waals surface area contributed by atoms with Crippen LogP contribution in [-0.2, 0) is 34.0 Å². The molecule has 2 rings (SSSR count). The second kappa shape index (κ2) is 9.26. The molecule has 0 radical (unpaired) electrons. The van der Waals surface area contributed by atoms with E-state index in [1.165, 1.54) is 0 Å². The largest absolute Gasteiger partial charge is 0.360 e. The molecule has 7 heteroatoms. The van der Waals surface area contributed by atoms with E-state index in [0.717, 1.165) is 25.7 Å². The summed E-state index contributed by atoms with van der Waals surface area (Å²) in [5.74, 6) is -3.02. The summed E-state index contributed by atoms with van der Waals surface area (Å²) in [6, 6.07) is 0. The smallest absolute Gasteiger partial charge is 0.299 e. The lowest BCUT2D eigenvalue weighted by Gasteiger charge is -2.28. The van der Waals surface area contributed by atoms with Crippen LogP contribution in [-0.4, -0.2) is 23.5 Å². The van der Waals surface area contributed by atoms with Crippen molar-refractivity contribution >= 4 is 23.5 Å². The Morgan fingerprint density at radius 2 is 1.85 bits per heavy atom. The molecule has 3 atom stereocenters. The second-order valence-electron chi connectivity index (χ2n) is 7.40. The summed E-state index contributed by atoms with van der Waals surface area (Å²) in [4.78, 5) is 57.5. The molecule has 0 bridgehead atoms. The topological polar surface area (TPSA) is 96.0 Å². The fourth-order valence-electron chi connectivity index (χ4n) is 4.00. The number of hydrogen-bond acceptors (Lipinski definition) is 7. The van der Waals surface area contributed by atoms with E-state index in [0.29, 0.717) is 38.5 Å². The molecule has 0 aromatic carbocycles. The highest BCUT2D eigenvalue weighted by atomic mass is 17.5. The number of rotatable bonds is 9. The first-order valence-corrected chi connectivity index (χ1v) is 9.59. The van der Waals surface area contributed by atoms with Crippen LogP contribution in [0.5, 0.6) is 0 Å². The van der Waals surface area contributed by atoms with Gasteiger partial charge < -0.3 is 0 Å². The van der Waals surface area contributed by atoms with Gasteiger partial charge in [-0.3, -0.25) is 19.4 Å². The maximum absolute atomic E-state index is 12.6. The maximum Gasteiger partial charge on any atom is 0.360 e. The van der Waals surface area contributed by atoms with Crippen LogP contribution in [0, 0.1) is 17.3 Å². The van der Waals surface area contributed by atoms with E-state index in [2.05, 4.69) is 21.7 Å². The standard InChI is InChI=1S/C19H28O7/c1-3-4-5-6-12-19(13(2)10-11-16(19)21)18(23)25-26-24-17(22)14-8-7-9-15(14)20/h13-14H,3-12H2,1-2H3. The molecular weight excluding hydrogens is 340 g/mol. The quantitative estimate of drug-likeness (QED) is 0.267. The first kappa shape index (κ1) is 20.6. The molecular formula is C19H28O7. The van der Waals surface area contributed by atoms with E-state index in [9.17, 15) is 19.2 Å². The highest BCUT2D eigenvalue weighted by Crippen LogP contribution is 2.45. The molecule has 26 heavy (non-hydrogen) atoms. The van der Waals surface area contributed by atoms with E-state index in [4.69, 9.17) is 0 Å². The molecule has 0 heterocycles. The van der Waals surface area contributed by atoms with Crippen molar-refractivity contribution in [1.29, 1.82) is 0 Å². The summed E-state index contributed by atoms with van der Waals surface area (Å²) in [6.45, 7) is 3.94. The second-order valence-corrected chi connectivity index (χ2v) is 7.40. The van der Waals surface area contributed by atoms with Crippen LogP contribution in [0.15, 0.2) is 0 Å². The summed E-state index contributed by atoms with van der Waals surface area (Å²) in [7, 11) is 0. The van der Waals surface area contributed by atoms with Crippen LogP contribution < -0.4 is 0 Å². The Morgan fingerprint density at radius 1 is 1.08 bits per heavy atom. The molecule has 0 N–H and O–H groups in total. The third kappa shape index (κ3) is 4.31. The van der Waals surface area contributed by atoms with Crippen molar-refractivity contribution in [2.45, 2.75) is 78.1 Å². The van der Waals surface area contributed by atoms with Gasteiger partial charge in [0.1, 0.15) is 17.1 Å². The third-order valence-electron chi connectivity index (χ3n) is 5.75. The van der Waals surface area contributed by atoms with E-state index in [-0.39, 0.29) is 17.5 Å². The van der Waals surface area contributed by atoms with E-state index >= 15 is 0 Å². The third-order valence-corrected chi connectivity index (χ3v) is 5.75. The molecule has 3 unspecified atom stereocenters. The molecule has 2 fully saturated rings. The van der Waals surface area contributed by atoms with Gasteiger partial charge in [0.2, 0.25) is 0 Å². The van der Waals surface area contributed by atoms with Crippen LogP contribution in [0.1, 0.15) is 78.1 Å². The normalized spacial score (nSPS) is 28.4. The van der Waals surface area contributed by atoms with Gasteiger partial charge in [0.05, 0.1) is 0 Å². The molecule has 0 aliphatic heterocycles. The number of unbranched alkanes of at least 4 members (excludes halogenated alkanes) is 3. The lowest BCUT2D eigenvalue weighted by atomic mass is 9.74. The summed E-state index contributed by atoms with van der Waals surface area (Å²) in [5.41, 5.74) is -1.23. The Kier molecular flexibility index (Phi) is 7.32. The lowest BCUT2D eigenvalue weighted by Crippen LogP contribution is -2.41. The van der Waals surface area contributed by atoms with Crippen molar-refractivity contribution in [3.8, 4) is 0 Å². The zero-order valence-corrected chi connectivity index (χ0v) is 15.6. The van der Waals surface area contributed by atoms with Crippen molar-refractivity contribution in [3.63, 3.8) is 0 Å². The fraction of sp³-hybridized carbons (Fsp3) is 0.789. The number of hydrogen-bond donors (Lipinski definition) is 0. The zero-order chi connectivity index (χ0) is 19.2. The van der Waals surface area contributed by atoms with Gasteiger partial charge >= 0.3 is 11.9 Å². The molecule has 0 saturated heterocycles. The summed E-state index contributed by atoms with van der Waals surface area (Å²) in [5, 5.41) is 4.38. The van der Waals surface area contributed by atoms with Crippen molar-refractivity contribution < 1.29 is 34.0 Å². The molecule has 0 spiro atoms. The predicted molar refractivity (Wildman–Crippen MR) is 90.2 cm³/mol. The highest BCUT2D eigenvalue weighted by Gasteiger charge is 2.55. The maximum atomic E-state index is 12.6. The van der Waals surface area contributed by atoms with Gasteiger partial charge in [-0.25, -0.2) is 9.59 Å². The highest BCUT2D eigenvalue weighted by molar-refractivity contribution is 6.05. The summed E-state index contributed by atoms with van der Waals surface area (Å²) in [6.07, 6.45) is 6.52. The van der Waals surface area contributed by atoms with Crippen molar-refractivity contribution in [3.05, 3.63) is 0 Å². The molecule has 2 aliphatic carbocycles. The number of Topliss-reactive ketones (excluding diaryl/α,β-unsaturated/α-hetero) is 2. The SMILES string of the molecule is CCCCCCC1(C(=O)OOOC(=O)C2CCCC2=O)C(=O)CCC1C. The van der Waals surface area contributed by atoms with Crippen LogP contribution >= 0.6 is 0 Å². The zero-order valence-electron chi connectivity index (χ0n) is 15.6. The van der Waals surface area contributed by atoms with Gasteiger partial charge in [-0.2, -0.15) is 0 Å². The van der Waals surface area contributed by atoms with Gasteiger partial charge in [-0.1, -0.05) is 39.5 Å². The first-order valence-electron chi connectivity index (χ1n) is 9.59. The van der Waals surface area contributed by atoms with Crippen molar-refractivity contribution in [2.24, 2.45) is 17.3 Å². The van der Waals surface area contributed by atoms with Crippen molar-refractivity contribution in [2.75, 3.05) is 0 Å². The minimum atomic E-state index is -1.23. The number of carbonyl (C=O) groups is 4. The molecule has 7 nitrogen and oxygen atoms in total. The Hall–Kier alpha value is -1.76. The monoisotopic (exact) mass is 368 g/mol. The predicted octanol–water partition coefficient (Wildman–Crippen LogP) is 3.24. The minimum absolute atomic E-state index is 0.146. The van der Waals surface area contributed by atoms with Crippen LogP contribution in [0.2, 0.25) is 0 Å². The Bertz CT molecular complexity index is 556. The van der Waals surface area contributed by atoms with Crippen LogP contribution in [0.4, 0.5) is 0 Å². The molecule has 146 valence electrons. The number of carbonyl (C=O) groups excluding carboxylic acids is 4. The van der Waals surface area contributed by atoms with E-state index < -0.39 is 23.3 Å². The van der Waals surface area contributed by atoms with Crippen LogP contribution in [0.3, 0.4) is 0 Å². The first-order chi connectivity index (χ1) is 12.4. The van der Waals surface area contributed by atoms with Gasteiger partial charge in [0.25, 0.3) is 0 Å². The average molecular weight is 368 g/mol. The van der Waals surface area contributed by atoms with E-state index in [1.807, 2.05) is 6.92 Å².